The Balaban J connectivity index is 1.28. The van der Waals surface area contributed by atoms with Gasteiger partial charge in [-0.2, -0.15) is 0 Å². The molecule has 1 heterocycles. The first-order valence-corrected chi connectivity index (χ1v) is 9.39. The van der Waals surface area contributed by atoms with Gasteiger partial charge in [-0.05, 0) is 47.9 Å². The summed E-state index contributed by atoms with van der Waals surface area (Å²) in [7, 11) is 0. The minimum absolute atomic E-state index is 0.0598. The van der Waals surface area contributed by atoms with Crippen molar-refractivity contribution >= 4 is 16.8 Å². The normalized spacial score (nSPS) is 10.7. The van der Waals surface area contributed by atoms with E-state index < -0.39 is 0 Å². The van der Waals surface area contributed by atoms with Gasteiger partial charge in [0.1, 0.15) is 12.4 Å². The fourth-order valence-corrected chi connectivity index (χ4v) is 3.19. The summed E-state index contributed by atoms with van der Waals surface area (Å²) in [5.41, 5.74) is 4.02. The third kappa shape index (κ3) is 4.23. The van der Waals surface area contributed by atoms with Crippen molar-refractivity contribution in [1.29, 1.82) is 0 Å². The van der Waals surface area contributed by atoms with Crippen molar-refractivity contribution in [3.8, 4) is 5.75 Å². The summed E-state index contributed by atoms with van der Waals surface area (Å²) in [4.78, 5) is 15.6. The summed E-state index contributed by atoms with van der Waals surface area (Å²) in [5, 5.41) is 4.20. The molecule has 4 heteroatoms. The van der Waals surface area contributed by atoms with Crippen molar-refractivity contribution < 1.29 is 9.53 Å². The lowest BCUT2D eigenvalue weighted by atomic mass is 10.1. The summed E-state index contributed by atoms with van der Waals surface area (Å²) in [6.45, 7) is 1.08. The lowest BCUT2D eigenvalue weighted by Gasteiger charge is -2.08. The van der Waals surface area contributed by atoms with Crippen molar-refractivity contribution in [3.05, 3.63) is 102 Å². The minimum Gasteiger partial charge on any atom is -0.489 e. The molecule has 4 aromatic rings. The summed E-state index contributed by atoms with van der Waals surface area (Å²) in [5.74, 6) is 0.775. The van der Waals surface area contributed by atoms with E-state index in [2.05, 4.69) is 22.4 Å². The van der Waals surface area contributed by atoms with Crippen LogP contribution in [0.4, 0.5) is 0 Å². The van der Waals surface area contributed by atoms with Gasteiger partial charge in [0.2, 0.25) is 0 Å². The Morgan fingerprint density at radius 3 is 2.46 bits per heavy atom. The third-order valence-corrected chi connectivity index (χ3v) is 4.72. The molecule has 140 valence electrons. The molecule has 2 N–H and O–H groups in total. The summed E-state index contributed by atoms with van der Waals surface area (Å²) in [6, 6.07) is 25.4. The fourth-order valence-electron chi connectivity index (χ4n) is 3.19. The van der Waals surface area contributed by atoms with Gasteiger partial charge in [-0.1, -0.05) is 48.5 Å². The van der Waals surface area contributed by atoms with E-state index >= 15 is 0 Å². The maximum absolute atomic E-state index is 12.4. The Labute approximate surface area is 164 Å². The molecule has 0 bridgehead atoms. The molecular weight excluding hydrogens is 348 g/mol. The maximum Gasteiger partial charge on any atom is 0.251 e. The van der Waals surface area contributed by atoms with Crippen molar-refractivity contribution in [2.45, 2.75) is 13.0 Å². The van der Waals surface area contributed by atoms with Crippen LogP contribution in [-0.2, 0) is 13.0 Å². The van der Waals surface area contributed by atoms with Crippen LogP contribution in [-0.4, -0.2) is 17.4 Å². The summed E-state index contributed by atoms with van der Waals surface area (Å²) < 4.78 is 5.73. The number of amides is 1. The summed E-state index contributed by atoms with van der Waals surface area (Å²) in [6.07, 6.45) is 2.80. The Morgan fingerprint density at radius 2 is 1.64 bits per heavy atom. The summed E-state index contributed by atoms with van der Waals surface area (Å²) >= 11 is 0. The van der Waals surface area contributed by atoms with Crippen LogP contribution in [0.5, 0.6) is 5.75 Å². The van der Waals surface area contributed by atoms with E-state index in [4.69, 9.17) is 4.74 Å². The minimum atomic E-state index is -0.0598. The molecule has 4 rings (SSSR count). The lowest BCUT2D eigenvalue weighted by Crippen LogP contribution is -2.25. The number of H-pyrrole nitrogens is 1. The highest BCUT2D eigenvalue weighted by Crippen LogP contribution is 2.18. The number of carbonyl (C=O) groups excluding carboxylic acids is 1. The number of rotatable bonds is 7. The van der Waals surface area contributed by atoms with Crippen molar-refractivity contribution in [1.82, 2.24) is 10.3 Å². The van der Waals surface area contributed by atoms with Gasteiger partial charge in [-0.3, -0.25) is 4.79 Å². The van der Waals surface area contributed by atoms with Crippen LogP contribution < -0.4 is 10.1 Å². The zero-order valence-corrected chi connectivity index (χ0v) is 15.5. The van der Waals surface area contributed by atoms with Crippen LogP contribution in [0.2, 0.25) is 0 Å². The number of hydrogen-bond acceptors (Lipinski definition) is 2. The molecule has 0 saturated carbocycles. The number of nitrogens with one attached hydrogen (secondary N) is 2. The van der Waals surface area contributed by atoms with Crippen molar-refractivity contribution in [3.63, 3.8) is 0 Å². The number of aromatic amines is 1. The van der Waals surface area contributed by atoms with Gasteiger partial charge in [0.15, 0.2) is 0 Å². The Kier molecular flexibility index (Phi) is 5.38. The molecule has 0 atom stereocenters. The molecule has 1 amide bonds. The van der Waals surface area contributed by atoms with Crippen LogP contribution in [0.15, 0.2) is 85.1 Å². The van der Waals surface area contributed by atoms with Gasteiger partial charge < -0.3 is 15.0 Å². The Bertz CT molecular complexity index is 1050. The highest BCUT2D eigenvalue weighted by atomic mass is 16.5. The predicted molar refractivity (Wildman–Crippen MR) is 112 cm³/mol. The Hall–Kier alpha value is -3.53. The van der Waals surface area contributed by atoms with E-state index in [-0.39, 0.29) is 5.91 Å². The van der Waals surface area contributed by atoms with E-state index in [1.807, 2.05) is 72.9 Å². The quantitative estimate of drug-likeness (QED) is 0.495. The molecule has 0 fully saturated rings. The first-order chi connectivity index (χ1) is 13.8. The SMILES string of the molecule is O=C(NCCc1c[nH]c2ccccc12)c1ccc(COc2ccccc2)cc1. The number of ether oxygens (including phenoxy) is 1. The second kappa shape index (κ2) is 8.44. The van der Waals surface area contributed by atoms with Crippen LogP contribution >= 0.6 is 0 Å². The zero-order chi connectivity index (χ0) is 19.2. The van der Waals surface area contributed by atoms with E-state index in [0.717, 1.165) is 23.3 Å². The molecule has 0 aliphatic rings. The molecule has 0 aliphatic heterocycles. The molecule has 4 nitrogen and oxygen atoms in total. The molecule has 0 saturated heterocycles. The predicted octanol–water partition coefficient (Wildman–Crippen LogP) is 4.72. The third-order valence-electron chi connectivity index (χ3n) is 4.72. The van der Waals surface area contributed by atoms with Gasteiger partial charge in [0, 0.05) is 29.2 Å². The smallest absolute Gasteiger partial charge is 0.251 e. The van der Waals surface area contributed by atoms with Gasteiger partial charge in [0.25, 0.3) is 5.91 Å². The molecule has 0 radical (unpaired) electrons. The lowest BCUT2D eigenvalue weighted by molar-refractivity contribution is 0.0954. The first kappa shape index (κ1) is 17.9. The van der Waals surface area contributed by atoms with Gasteiger partial charge in [-0.15, -0.1) is 0 Å². The number of hydrogen-bond donors (Lipinski definition) is 2. The number of carbonyl (C=O) groups is 1. The number of aromatic nitrogens is 1. The molecular formula is C24H22N2O2. The standard InChI is InChI=1S/C24H22N2O2/c27-24(25-15-14-20-16-26-23-9-5-4-8-22(20)23)19-12-10-18(11-13-19)17-28-21-6-2-1-3-7-21/h1-13,16,26H,14-15,17H2,(H,25,27). The average molecular weight is 370 g/mol. The topological polar surface area (TPSA) is 54.1 Å². The van der Waals surface area contributed by atoms with Gasteiger partial charge in [-0.25, -0.2) is 0 Å². The molecule has 28 heavy (non-hydrogen) atoms. The second-order valence-corrected chi connectivity index (χ2v) is 6.66. The average Bonchev–Trinajstić information content (AvgIpc) is 3.16. The van der Waals surface area contributed by atoms with Crippen LogP contribution in [0, 0.1) is 0 Å². The van der Waals surface area contributed by atoms with Crippen molar-refractivity contribution in [2.75, 3.05) is 6.54 Å². The van der Waals surface area contributed by atoms with Crippen LogP contribution in [0.3, 0.4) is 0 Å². The van der Waals surface area contributed by atoms with Gasteiger partial charge >= 0.3 is 0 Å². The largest absolute Gasteiger partial charge is 0.489 e. The van der Waals surface area contributed by atoms with Crippen LogP contribution in [0.25, 0.3) is 10.9 Å². The fraction of sp³-hybridized carbons (Fsp3) is 0.125. The van der Waals surface area contributed by atoms with E-state index in [1.54, 1.807) is 0 Å². The van der Waals surface area contributed by atoms with E-state index in [9.17, 15) is 4.79 Å². The number of benzene rings is 3. The van der Waals surface area contributed by atoms with E-state index in [0.29, 0.717) is 18.7 Å². The maximum atomic E-state index is 12.4. The molecule has 1 aromatic heterocycles. The molecule has 0 spiro atoms. The number of para-hydroxylation sites is 2. The highest BCUT2D eigenvalue weighted by Gasteiger charge is 2.07. The van der Waals surface area contributed by atoms with Crippen molar-refractivity contribution in [2.24, 2.45) is 0 Å². The van der Waals surface area contributed by atoms with Gasteiger partial charge in [0.05, 0.1) is 0 Å². The molecule has 3 aromatic carbocycles. The molecule has 0 unspecified atom stereocenters. The number of fused-ring (bicyclic) bond motifs is 1. The van der Waals surface area contributed by atoms with E-state index in [1.165, 1.54) is 10.9 Å². The highest BCUT2D eigenvalue weighted by molar-refractivity contribution is 5.94. The monoisotopic (exact) mass is 370 g/mol. The van der Waals surface area contributed by atoms with Crippen LogP contribution in [0.1, 0.15) is 21.5 Å². The Morgan fingerprint density at radius 1 is 0.893 bits per heavy atom. The molecule has 0 aliphatic carbocycles. The zero-order valence-electron chi connectivity index (χ0n) is 15.5. The second-order valence-electron chi connectivity index (χ2n) is 6.66. The first-order valence-electron chi connectivity index (χ1n) is 9.39.